The van der Waals surface area contributed by atoms with Gasteiger partial charge in [-0.3, -0.25) is 14.9 Å². The predicted molar refractivity (Wildman–Crippen MR) is 92.7 cm³/mol. The molecule has 1 heterocycles. The van der Waals surface area contributed by atoms with Crippen LogP contribution in [0.4, 0.5) is 11.4 Å². The molecule has 0 spiro atoms. The minimum Gasteiger partial charge on any atom is -0.486 e. The normalized spacial score (nSPS) is 12.8. The van der Waals surface area contributed by atoms with Crippen LogP contribution in [0.2, 0.25) is 0 Å². The standard InChI is InChI=1S/C18H13N3O5/c19-11-13(8-12-4-2-1-3-5-12)18(22)20-14-9-16-17(26-7-6-25-16)10-15(14)21(23)24/h1-5,8-10H,6-7H2,(H,20,22)/b13-8+. The molecule has 1 aliphatic heterocycles. The van der Waals surface area contributed by atoms with E-state index in [-0.39, 0.29) is 29.3 Å². The van der Waals surface area contributed by atoms with E-state index in [0.29, 0.717) is 17.9 Å². The first-order chi connectivity index (χ1) is 12.6. The van der Waals surface area contributed by atoms with E-state index < -0.39 is 10.8 Å². The van der Waals surface area contributed by atoms with Gasteiger partial charge in [-0.1, -0.05) is 30.3 Å². The van der Waals surface area contributed by atoms with Crippen LogP contribution in [0.15, 0.2) is 48.0 Å². The Labute approximate surface area is 148 Å². The number of nitro benzene ring substituents is 1. The Morgan fingerprint density at radius 1 is 1.19 bits per heavy atom. The van der Waals surface area contributed by atoms with Crippen molar-refractivity contribution in [1.29, 1.82) is 5.26 Å². The molecule has 0 fully saturated rings. The number of hydrogen-bond donors (Lipinski definition) is 1. The third-order valence-corrected chi connectivity index (χ3v) is 3.58. The van der Waals surface area contributed by atoms with E-state index in [1.807, 2.05) is 6.07 Å². The molecule has 1 N–H and O–H groups in total. The minimum atomic E-state index is -0.754. The van der Waals surface area contributed by atoms with Crippen molar-refractivity contribution in [3.63, 3.8) is 0 Å². The van der Waals surface area contributed by atoms with Gasteiger partial charge in [-0.2, -0.15) is 5.26 Å². The van der Waals surface area contributed by atoms with Crippen LogP contribution in [0.5, 0.6) is 11.5 Å². The number of carbonyl (C=O) groups excluding carboxylic acids is 1. The van der Waals surface area contributed by atoms with Gasteiger partial charge in [0, 0.05) is 6.07 Å². The molecule has 130 valence electrons. The monoisotopic (exact) mass is 351 g/mol. The van der Waals surface area contributed by atoms with Crippen molar-refractivity contribution >= 4 is 23.4 Å². The lowest BCUT2D eigenvalue weighted by molar-refractivity contribution is -0.384. The van der Waals surface area contributed by atoms with Crippen molar-refractivity contribution in [2.75, 3.05) is 18.5 Å². The second-order valence-electron chi connectivity index (χ2n) is 5.30. The molecule has 26 heavy (non-hydrogen) atoms. The molecule has 0 atom stereocenters. The van der Waals surface area contributed by atoms with Gasteiger partial charge < -0.3 is 14.8 Å². The minimum absolute atomic E-state index is 0.0709. The Morgan fingerprint density at radius 2 is 1.85 bits per heavy atom. The zero-order valence-electron chi connectivity index (χ0n) is 13.5. The van der Waals surface area contributed by atoms with Gasteiger partial charge in [0.25, 0.3) is 11.6 Å². The topological polar surface area (TPSA) is 114 Å². The smallest absolute Gasteiger partial charge is 0.296 e. The van der Waals surface area contributed by atoms with Crippen molar-refractivity contribution in [3.8, 4) is 17.6 Å². The molecule has 0 aliphatic carbocycles. The van der Waals surface area contributed by atoms with Crippen LogP contribution < -0.4 is 14.8 Å². The molecule has 1 amide bonds. The van der Waals surface area contributed by atoms with Gasteiger partial charge in [0.15, 0.2) is 11.5 Å². The highest BCUT2D eigenvalue weighted by molar-refractivity contribution is 6.10. The lowest BCUT2D eigenvalue weighted by Gasteiger charge is -2.19. The number of amides is 1. The largest absolute Gasteiger partial charge is 0.486 e. The quantitative estimate of drug-likeness (QED) is 0.392. The van der Waals surface area contributed by atoms with Gasteiger partial charge in [-0.15, -0.1) is 0 Å². The number of nitrogens with zero attached hydrogens (tertiary/aromatic N) is 2. The van der Waals surface area contributed by atoms with Crippen molar-refractivity contribution in [1.82, 2.24) is 0 Å². The number of ether oxygens (including phenoxy) is 2. The summed E-state index contributed by atoms with van der Waals surface area (Å²) in [6.07, 6.45) is 1.40. The number of fused-ring (bicyclic) bond motifs is 1. The van der Waals surface area contributed by atoms with Crippen LogP contribution in [-0.4, -0.2) is 24.0 Å². The third-order valence-electron chi connectivity index (χ3n) is 3.58. The van der Waals surface area contributed by atoms with Gasteiger partial charge in [0.1, 0.15) is 30.5 Å². The summed E-state index contributed by atoms with van der Waals surface area (Å²) in [7, 11) is 0. The van der Waals surface area contributed by atoms with E-state index in [1.165, 1.54) is 18.2 Å². The molecule has 0 unspecified atom stereocenters. The summed E-state index contributed by atoms with van der Waals surface area (Å²) >= 11 is 0. The average Bonchev–Trinajstić information content (AvgIpc) is 2.66. The number of rotatable bonds is 4. The molecule has 2 aromatic rings. The molecule has 3 rings (SSSR count). The summed E-state index contributed by atoms with van der Waals surface area (Å²) < 4.78 is 10.7. The molecule has 0 radical (unpaired) electrons. The molecule has 8 heteroatoms. The zero-order valence-corrected chi connectivity index (χ0v) is 13.5. The van der Waals surface area contributed by atoms with E-state index in [1.54, 1.807) is 30.3 Å². The molecule has 8 nitrogen and oxygen atoms in total. The molecule has 1 aliphatic rings. The van der Waals surface area contributed by atoms with Crippen molar-refractivity contribution in [2.24, 2.45) is 0 Å². The number of benzene rings is 2. The van der Waals surface area contributed by atoms with Crippen LogP contribution >= 0.6 is 0 Å². The summed E-state index contributed by atoms with van der Waals surface area (Å²) in [6, 6.07) is 13.1. The molecule has 0 bridgehead atoms. The molecule has 2 aromatic carbocycles. The molecular formula is C18H13N3O5. The van der Waals surface area contributed by atoms with Gasteiger partial charge >= 0.3 is 0 Å². The first-order valence-electron chi connectivity index (χ1n) is 7.64. The van der Waals surface area contributed by atoms with E-state index in [0.717, 1.165) is 0 Å². The SMILES string of the molecule is N#C/C(=C\c1ccccc1)C(=O)Nc1cc2c(cc1[N+](=O)[O-])OCCO2. The summed E-state index contributed by atoms with van der Waals surface area (Å²) in [5, 5.41) is 23.0. The first kappa shape index (κ1) is 17.0. The van der Waals surface area contributed by atoms with Crippen LogP contribution in [0.25, 0.3) is 6.08 Å². The highest BCUT2D eigenvalue weighted by Crippen LogP contribution is 2.39. The van der Waals surface area contributed by atoms with Gasteiger partial charge in [0.2, 0.25) is 0 Å². The molecular weight excluding hydrogens is 338 g/mol. The fraction of sp³-hybridized carbons (Fsp3) is 0.111. The Bertz CT molecular complexity index is 932. The van der Waals surface area contributed by atoms with Gasteiger partial charge in [0.05, 0.1) is 11.0 Å². The Hall–Kier alpha value is -3.86. The maximum absolute atomic E-state index is 12.4. The van der Waals surface area contributed by atoms with Crippen LogP contribution in [0, 0.1) is 21.4 Å². The number of carbonyl (C=O) groups is 1. The second kappa shape index (κ2) is 7.36. The molecule has 0 aromatic heterocycles. The number of anilines is 1. The van der Waals surface area contributed by atoms with E-state index in [4.69, 9.17) is 9.47 Å². The maximum atomic E-state index is 12.4. The summed E-state index contributed by atoms with van der Waals surface area (Å²) in [5.74, 6) is -0.222. The fourth-order valence-electron chi connectivity index (χ4n) is 2.38. The summed E-state index contributed by atoms with van der Waals surface area (Å²) in [5.41, 5.74) is 0.0642. The Balaban J connectivity index is 1.92. The lowest BCUT2D eigenvalue weighted by Crippen LogP contribution is -2.18. The number of nitro groups is 1. The highest BCUT2D eigenvalue weighted by atomic mass is 16.6. The Morgan fingerprint density at radius 3 is 2.46 bits per heavy atom. The average molecular weight is 351 g/mol. The van der Waals surface area contributed by atoms with Crippen LogP contribution in [-0.2, 0) is 4.79 Å². The van der Waals surface area contributed by atoms with Gasteiger partial charge in [-0.05, 0) is 11.6 Å². The predicted octanol–water partition coefficient (Wildman–Crippen LogP) is 2.91. The zero-order chi connectivity index (χ0) is 18.5. The number of nitriles is 1. The van der Waals surface area contributed by atoms with Gasteiger partial charge in [-0.25, -0.2) is 0 Å². The summed E-state index contributed by atoms with van der Waals surface area (Å²) in [4.78, 5) is 23.1. The highest BCUT2D eigenvalue weighted by Gasteiger charge is 2.24. The van der Waals surface area contributed by atoms with E-state index in [2.05, 4.69) is 5.32 Å². The van der Waals surface area contributed by atoms with Crippen molar-refractivity contribution in [3.05, 3.63) is 63.7 Å². The first-order valence-corrected chi connectivity index (χ1v) is 7.64. The third kappa shape index (κ3) is 3.62. The lowest BCUT2D eigenvalue weighted by atomic mass is 10.1. The molecule has 0 saturated heterocycles. The van der Waals surface area contributed by atoms with Crippen molar-refractivity contribution in [2.45, 2.75) is 0 Å². The fourth-order valence-corrected chi connectivity index (χ4v) is 2.38. The van der Waals surface area contributed by atoms with Crippen molar-refractivity contribution < 1.29 is 19.2 Å². The van der Waals surface area contributed by atoms with Crippen LogP contribution in [0.1, 0.15) is 5.56 Å². The molecule has 0 saturated carbocycles. The maximum Gasteiger partial charge on any atom is 0.296 e. The van der Waals surface area contributed by atoms with E-state index in [9.17, 15) is 20.2 Å². The number of nitrogens with one attached hydrogen (secondary N) is 1. The Kier molecular flexibility index (Phi) is 4.80. The summed E-state index contributed by atoms with van der Waals surface area (Å²) in [6.45, 7) is 0.587. The number of hydrogen-bond acceptors (Lipinski definition) is 6. The van der Waals surface area contributed by atoms with Crippen LogP contribution in [0.3, 0.4) is 0 Å². The second-order valence-corrected chi connectivity index (χ2v) is 5.30. The van der Waals surface area contributed by atoms with E-state index >= 15 is 0 Å².